The van der Waals surface area contributed by atoms with Crippen LogP contribution >= 0.6 is 11.6 Å². The molecule has 0 saturated heterocycles. The van der Waals surface area contributed by atoms with Gasteiger partial charge in [-0.05, 0) is 25.2 Å². The highest BCUT2D eigenvalue weighted by Gasteiger charge is 2.24. The maximum Gasteiger partial charge on any atom is 0.220 e. The SMILES string of the molecule is CCC(CCl)NC(=O)CC1CC1. The maximum absolute atomic E-state index is 11.3. The van der Waals surface area contributed by atoms with Gasteiger partial charge in [-0.2, -0.15) is 0 Å². The second-order valence-corrected chi connectivity index (χ2v) is 3.78. The molecular formula is C9H16ClNO. The van der Waals surface area contributed by atoms with Gasteiger partial charge >= 0.3 is 0 Å². The molecule has 2 nitrogen and oxygen atoms in total. The molecule has 70 valence electrons. The van der Waals surface area contributed by atoms with E-state index < -0.39 is 0 Å². The van der Waals surface area contributed by atoms with Gasteiger partial charge in [0.05, 0.1) is 0 Å². The normalized spacial score (nSPS) is 18.8. The lowest BCUT2D eigenvalue weighted by atomic mass is 10.2. The van der Waals surface area contributed by atoms with Crippen molar-refractivity contribution in [1.82, 2.24) is 5.32 Å². The zero-order chi connectivity index (χ0) is 8.97. The average molecular weight is 190 g/mol. The molecule has 0 aromatic carbocycles. The Labute approximate surface area is 78.7 Å². The number of rotatable bonds is 5. The summed E-state index contributed by atoms with van der Waals surface area (Å²) < 4.78 is 0. The van der Waals surface area contributed by atoms with E-state index in [1.165, 1.54) is 12.8 Å². The molecule has 1 atom stereocenters. The van der Waals surface area contributed by atoms with Crippen LogP contribution in [-0.2, 0) is 4.79 Å². The van der Waals surface area contributed by atoms with Gasteiger partial charge in [0.2, 0.25) is 5.91 Å². The van der Waals surface area contributed by atoms with Crippen LogP contribution in [0.2, 0.25) is 0 Å². The third kappa shape index (κ3) is 3.44. The van der Waals surface area contributed by atoms with Crippen LogP contribution in [0.5, 0.6) is 0 Å². The lowest BCUT2D eigenvalue weighted by Gasteiger charge is -2.13. The Balaban J connectivity index is 2.13. The fourth-order valence-corrected chi connectivity index (χ4v) is 1.42. The molecular weight excluding hydrogens is 174 g/mol. The van der Waals surface area contributed by atoms with Crippen molar-refractivity contribution < 1.29 is 4.79 Å². The summed E-state index contributed by atoms with van der Waals surface area (Å²) in [5.41, 5.74) is 0. The number of amides is 1. The highest BCUT2D eigenvalue weighted by Crippen LogP contribution is 2.32. The Morgan fingerprint density at radius 2 is 2.33 bits per heavy atom. The molecule has 0 bridgehead atoms. The molecule has 1 amide bonds. The van der Waals surface area contributed by atoms with Crippen LogP contribution in [0.3, 0.4) is 0 Å². The number of hydrogen-bond acceptors (Lipinski definition) is 1. The van der Waals surface area contributed by atoms with Crippen molar-refractivity contribution in [3.05, 3.63) is 0 Å². The van der Waals surface area contributed by atoms with Crippen LogP contribution in [0.1, 0.15) is 32.6 Å². The Bertz CT molecular complexity index is 153. The quantitative estimate of drug-likeness (QED) is 0.658. The molecule has 0 aromatic rings. The van der Waals surface area contributed by atoms with Crippen LogP contribution in [-0.4, -0.2) is 17.8 Å². The van der Waals surface area contributed by atoms with E-state index in [1.807, 2.05) is 6.92 Å². The highest BCUT2D eigenvalue weighted by molar-refractivity contribution is 6.18. The van der Waals surface area contributed by atoms with Gasteiger partial charge in [-0.1, -0.05) is 6.92 Å². The molecule has 0 radical (unpaired) electrons. The van der Waals surface area contributed by atoms with Gasteiger partial charge in [-0.15, -0.1) is 11.6 Å². The monoisotopic (exact) mass is 189 g/mol. The zero-order valence-electron chi connectivity index (χ0n) is 7.48. The van der Waals surface area contributed by atoms with Crippen molar-refractivity contribution in [3.63, 3.8) is 0 Å². The Kier molecular flexibility index (Phi) is 3.86. The molecule has 1 aliphatic rings. The molecule has 12 heavy (non-hydrogen) atoms. The lowest BCUT2D eigenvalue weighted by Crippen LogP contribution is -2.35. The summed E-state index contributed by atoms with van der Waals surface area (Å²) in [4.78, 5) is 11.3. The van der Waals surface area contributed by atoms with Crippen molar-refractivity contribution in [2.75, 3.05) is 5.88 Å². The number of alkyl halides is 1. The van der Waals surface area contributed by atoms with E-state index in [-0.39, 0.29) is 11.9 Å². The van der Waals surface area contributed by atoms with Crippen molar-refractivity contribution >= 4 is 17.5 Å². The molecule has 1 fully saturated rings. The van der Waals surface area contributed by atoms with Crippen molar-refractivity contribution in [3.8, 4) is 0 Å². The van der Waals surface area contributed by atoms with Crippen LogP contribution in [0.25, 0.3) is 0 Å². The topological polar surface area (TPSA) is 29.1 Å². The first-order valence-electron chi connectivity index (χ1n) is 4.61. The highest BCUT2D eigenvalue weighted by atomic mass is 35.5. The van der Waals surface area contributed by atoms with E-state index in [0.29, 0.717) is 18.2 Å². The number of nitrogens with one attached hydrogen (secondary N) is 1. The van der Waals surface area contributed by atoms with Crippen molar-refractivity contribution in [2.24, 2.45) is 5.92 Å². The first-order chi connectivity index (χ1) is 5.76. The van der Waals surface area contributed by atoms with Crippen LogP contribution in [0.4, 0.5) is 0 Å². The fraction of sp³-hybridized carbons (Fsp3) is 0.889. The number of halogens is 1. The van der Waals surface area contributed by atoms with Crippen LogP contribution in [0, 0.1) is 5.92 Å². The summed E-state index contributed by atoms with van der Waals surface area (Å²) >= 11 is 5.65. The fourth-order valence-electron chi connectivity index (χ4n) is 1.12. The van der Waals surface area contributed by atoms with Gasteiger partial charge in [-0.25, -0.2) is 0 Å². The van der Waals surface area contributed by atoms with E-state index >= 15 is 0 Å². The zero-order valence-corrected chi connectivity index (χ0v) is 8.23. The minimum atomic E-state index is 0.165. The van der Waals surface area contributed by atoms with E-state index in [1.54, 1.807) is 0 Å². The van der Waals surface area contributed by atoms with Gasteiger partial charge in [0.1, 0.15) is 0 Å². The second-order valence-electron chi connectivity index (χ2n) is 3.47. The van der Waals surface area contributed by atoms with Crippen LogP contribution < -0.4 is 5.32 Å². The van der Waals surface area contributed by atoms with Gasteiger partial charge < -0.3 is 5.32 Å². The molecule has 0 spiro atoms. The molecule has 0 aromatic heterocycles. The van der Waals surface area contributed by atoms with Crippen molar-refractivity contribution in [1.29, 1.82) is 0 Å². The van der Waals surface area contributed by atoms with E-state index in [4.69, 9.17) is 11.6 Å². The minimum absolute atomic E-state index is 0.165. The van der Waals surface area contributed by atoms with E-state index in [9.17, 15) is 4.79 Å². The summed E-state index contributed by atoms with van der Waals surface area (Å²) in [6, 6.07) is 0.165. The van der Waals surface area contributed by atoms with Crippen LogP contribution in [0.15, 0.2) is 0 Å². The lowest BCUT2D eigenvalue weighted by molar-refractivity contribution is -0.122. The van der Waals surface area contributed by atoms with Gasteiger partial charge in [0.15, 0.2) is 0 Å². The third-order valence-electron chi connectivity index (χ3n) is 2.22. The summed E-state index contributed by atoms with van der Waals surface area (Å²) in [5.74, 6) is 1.36. The predicted octanol–water partition coefficient (Wildman–Crippen LogP) is 1.92. The molecule has 0 heterocycles. The first-order valence-corrected chi connectivity index (χ1v) is 5.15. The summed E-state index contributed by atoms with van der Waals surface area (Å²) in [7, 11) is 0. The molecule has 1 rings (SSSR count). The smallest absolute Gasteiger partial charge is 0.220 e. The summed E-state index contributed by atoms with van der Waals surface area (Å²) in [6.45, 7) is 2.03. The molecule has 1 saturated carbocycles. The molecule has 1 aliphatic carbocycles. The molecule has 1 unspecified atom stereocenters. The Morgan fingerprint density at radius 1 is 1.67 bits per heavy atom. The predicted molar refractivity (Wildman–Crippen MR) is 50.3 cm³/mol. The van der Waals surface area contributed by atoms with Gasteiger partial charge in [0, 0.05) is 18.3 Å². The Hall–Kier alpha value is -0.240. The maximum atomic E-state index is 11.3. The second kappa shape index (κ2) is 4.70. The molecule has 3 heteroatoms. The average Bonchev–Trinajstić information content (AvgIpc) is 2.84. The number of carbonyl (C=O) groups is 1. The Morgan fingerprint density at radius 3 is 2.75 bits per heavy atom. The summed E-state index contributed by atoms with van der Waals surface area (Å²) in [6.07, 6.45) is 4.07. The van der Waals surface area contributed by atoms with Gasteiger partial charge in [-0.3, -0.25) is 4.79 Å². The number of carbonyl (C=O) groups excluding carboxylic acids is 1. The largest absolute Gasteiger partial charge is 0.352 e. The summed E-state index contributed by atoms with van der Waals surface area (Å²) in [5, 5.41) is 2.92. The molecule has 0 aliphatic heterocycles. The standard InChI is InChI=1S/C9H16ClNO/c1-2-8(6-10)11-9(12)5-7-3-4-7/h7-8H,2-6H2,1H3,(H,11,12). The number of hydrogen-bond donors (Lipinski definition) is 1. The van der Waals surface area contributed by atoms with E-state index in [0.717, 1.165) is 6.42 Å². The minimum Gasteiger partial charge on any atom is -0.352 e. The molecule has 1 N–H and O–H groups in total. The third-order valence-corrected chi connectivity index (χ3v) is 2.59. The van der Waals surface area contributed by atoms with Gasteiger partial charge in [0.25, 0.3) is 0 Å². The first kappa shape index (κ1) is 9.85. The van der Waals surface area contributed by atoms with Crippen molar-refractivity contribution in [2.45, 2.75) is 38.6 Å². The van der Waals surface area contributed by atoms with E-state index in [2.05, 4.69) is 5.32 Å².